The number of fused-ring (bicyclic) bond motifs is 1. The molecule has 2 rings (SSSR count). The highest BCUT2D eigenvalue weighted by atomic mass is 16.5. The minimum Gasteiger partial charge on any atom is -0.480 e. The maximum absolute atomic E-state index is 11.7. The van der Waals surface area contributed by atoms with Crippen molar-refractivity contribution in [2.45, 2.75) is 13.3 Å². The monoisotopic (exact) mass is 306 g/mol. The van der Waals surface area contributed by atoms with Gasteiger partial charge in [0.1, 0.15) is 0 Å². The lowest BCUT2D eigenvalue weighted by atomic mass is 10.2. The predicted octanol–water partition coefficient (Wildman–Crippen LogP) is 0.285. The molecule has 2 aromatic rings. The number of hydrogen-bond donors (Lipinski definition) is 2. The maximum atomic E-state index is 11.7. The van der Waals surface area contributed by atoms with Gasteiger partial charge in [0, 0.05) is 32.0 Å². The number of nitrogens with two attached hydrogens (primary N) is 1. The van der Waals surface area contributed by atoms with Crippen LogP contribution in [-0.4, -0.2) is 48.7 Å². The number of methoxy groups -OCH3 is 1. The molecular formula is C15H22N4O3. The minimum absolute atomic E-state index is 0.0541. The maximum Gasteiger partial charge on any atom is 0.258 e. The highest BCUT2D eigenvalue weighted by Gasteiger charge is 2.12. The van der Waals surface area contributed by atoms with Crippen molar-refractivity contribution in [1.82, 2.24) is 14.7 Å². The van der Waals surface area contributed by atoms with E-state index < -0.39 is 0 Å². The number of carbonyl (C=O) groups excluding carboxylic acids is 1. The average molecular weight is 306 g/mol. The molecule has 0 fully saturated rings. The van der Waals surface area contributed by atoms with E-state index in [9.17, 15) is 4.79 Å². The van der Waals surface area contributed by atoms with Gasteiger partial charge >= 0.3 is 0 Å². The number of rotatable bonds is 8. The Kier molecular flexibility index (Phi) is 5.74. The molecule has 0 atom stereocenters. The molecule has 0 saturated heterocycles. The van der Waals surface area contributed by atoms with Gasteiger partial charge in [-0.15, -0.1) is 0 Å². The van der Waals surface area contributed by atoms with Crippen LogP contribution in [-0.2, 0) is 16.0 Å². The molecule has 0 aromatic carbocycles. The van der Waals surface area contributed by atoms with Crippen LogP contribution < -0.4 is 15.8 Å². The van der Waals surface area contributed by atoms with Gasteiger partial charge in [-0.2, -0.15) is 0 Å². The second-order valence-electron chi connectivity index (χ2n) is 4.88. The summed E-state index contributed by atoms with van der Waals surface area (Å²) in [6, 6.07) is 3.67. The van der Waals surface area contributed by atoms with Crippen molar-refractivity contribution in [2.75, 3.05) is 33.4 Å². The molecule has 3 N–H and O–H groups in total. The Morgan fingerprint density at radius 2 is 2.32 bits per heavy atom. The summed E-state index contributed by atoms with van der Waals surface area (Å²) in [6.45, 7) is 3.39. The number of hydrogen-bond acceptors (Lipinski definition) is 5. The smallest absolute Gasteiger partial charge is 0.258 e. The number of aryl methyl sites for hydroxylation is 1. The number of imidazole rings is 1. The Labute approximate surface area is 129 Å². The van der Waals surface area contributed by atoms with Crippen LogP contribution in [0.15, 0.2) is 18.3 Å². The molecule has 0 aliphatic heterocycles. The fourth-order valence-corrected chi connectivity index (χ4v) is 2.24. The molecule has 2 heterocycles. The van der Waals surface area contributed by atoms with Gasteiger partial charge in [-0.3, -0.25) is 4.79 Å². The summed E-state index contributed by atoms with van der Waals surface area (Å²) >= 11 is 0. The van der Waals surface area contributed by atoms with Crippen molar-refractivity contribution in [1.29, 1.82) is 0 Å². The number of amides is 1. The third-order valence-corrected chi connectivity index (χ3v) is 3.28. The third kappa shape index (κ3) is 3.75. The summed E-state index contributed by atoms with van der Waals surface area (Å²) in [5.74, 6) is 0.389. The Bertz CT molecular complexity index is 639. The zero-order chi connectivity index (χ0) is 15.9. The van der Waals surface area contributed by atoms with E-state index in [0.717, 1.165) is 17.8 Å². The van der Waals surface area contributed by atoms with E-state index in [1.54, 1.807) is 13.2 Å². The zero-order valence-corrected chi connectivity index (χ0v) is 13.0. The van der Waals surface area contributed by atoms with Crippen LogP contribution in [0.5, 0.6) is 5.75 Å². The van der Waals surface area contributed by atoms with E-state index in [2.05, 4.69) is 10.3 Å². The molecule has 0 bridgehead atoms. The highest BCUT2D eigenvalue weighted by Crippen LogP contribution is 2.22. The van der Waals surface area contributed by atoms with Crippen LogP contribution in [0.25, 0.3) is 5.65 Å². The number of ether oxygens (including phenoxy) is 2. The van der Waals surface area contributed by atoms with Gasteiger partial charge in [0.25, 0.3) is 5.91 Å². The van der Waals surface area contributed by atoms with Gasteiger partial charge in [-0.05, 0) is 25.6 Å². The van der Waals surface area contributed by atoms with Crippen molar-refractivity contribution in [3.63, 3.8) is 0 Å². The second-order valence-corrected chi connectivity index (χ2v) is 4.88. The summed E-state index contributed by atoms with van der Waals surface area (Å²) in [7, 11) is 1.59. The number of nitrogens with zero attached hydrogens (tertiary/aromatic N) is 2. The lowest BCUT2D eigenvalue weighted by molar-refractivity contribution is -0.123. The molecule has 0 radical (unpaired) electrons. The predicted molar refractivity (Wildman–Crippen MR) is 83.1 cm³/mol. The largest absolute Gasteiger partial charge is 0.480 e. The molecule has 0 unspecified atom stereocenters. The summed E-state index contributed by atoms with van der Waals surface area (Å²) in [6.07, 6.45) is 2.67. The van der Waals surface area contributed by atoms with Crippen LogP contribution in [0.1, 0.15) is 11.4 Å². The molecule has 120 valence electrons. The average Bonchev–Trinajstić information content (AvgIpc) is 2.83. The second kappa shape index (κ2) is 7.77. The summed E-state index contributed by atoms with van der Waals surface area (Å²) < 4.78 is 12.4. The normalized spacial score (nSPS) is 10.9. The molecule has 7 heteroatoms. The lowest BCUT2D eigenvalue weighted by Crippen LogP contribution is -2.31. The number of nitrogens with one attached hydrogen (secondary N) is 1. The van der Waals surface area contributed by atoms with Gasteiger partial charge in [0.2, 0.25) is 0 Å². The summed E-state index contributed by atoms with van der Waals surface area (Å²) in [5.41, 5.74) is 8.33. The number of pyridine rings is 1. The van der Waals surface area contributed by atoms with Crippen molar-refractivity contribution >= 4 is 11.6 Å². The van der Waals surface area contributed by atoms with E-state index in [-0.39, 0.29) is 12.5 Å². The summed E-state index contributed by atoms with van der Waals surface area (Å²) in [4.78, 5) is 16.2. The van der Waals surface area contributed by atoms with Crippen molar-refractivity contribution in [3.05, 3.63) is 29.7 Å². The summed E-state index contributed by atoms with van der Waals surface area (Å²) in [5, 5.41) is 2.71. The SMILES string of the molecule is COCCNC(=O)COc1cccn2c(CCN)c(C)nc12. The van der Waals surface area contributed by atoms with E-state index in [4.69, 9.17) is 15.2 Å². The van der Waals surface area contributed by atoms with Crippen LogP contribution in [0.3, 0.4) is 0 Å². The van der Waals surface area contributed by atoms with Gasteiger partial charge in [0.15, 0.2) is 18.0 Å². The Balaban J connectivity index is 2.08. The van der Waals surface area contributed by atoms with Crippen LogP contribution in [0, 0.1) is 6.92 Å². The minimum atomic E-state index is -0.190. The topological polar surface area (TPSA) is 90.9 Å². The number of carbonyl (C=O) groups is 1. The molecule has 2 aromatic heterocycles. The quantitative estimate of drug-likeness (QED) is 0.684. The molecule has 1 amide bonds. The Morgan fingerprint density at radius 1 is 1.50 bits per heavy atom. The van der Waals surface area contributed by atoms with Gasteiger partial charge in [-0.25, -0.2) is 4.98 Å². The molecule has 0 aliphatic carbocycles. The number of aromatic nitrogens is 2. The molecule has 0 saturated carbocycles. The van der Waals surface area contributed by atoms with Gasteiger partial charge < -0.3 is 24.9 Å². The van der Waals surface area contributed by atoms with Gasteiger partial charge in [-0.1, -0.05) is 0 Å². The fraction of sp³-hybridized carbons (Fsp3) is 0.467. The molecule has 7 nitrogen and oxygen atoms in total. The first-order valence-electron chi connectivity index (χ1n) is 7.22. The van der Waals surface area contributed by atoms with E-state index >= 15 is 0 Å². The third-order valence-electron chi connectivity index (χ3n) is 3.28. The highest BCUT2D eigenvalue weighted by molar-refractivity contribution is 5.77. The van der Waals surface area contributed by atoms with Crippen LogP contribution >= 0.6 is 0 Å². The molecule has 0 spiro atoms. The van der Waals surface area contributed by atoms with Crippen molar-refractivity contribution in [2.24, 2.45) is 5.73 Å². The van der Waals surface area contributed by atoms with Gasteiger partial charge in [0.05, 0.1) is 12.3 Å². The molecule has 0 aliphatic rings. The lowest BCUT2D eigenvalue weighted by Gasteiger charge is -2.08. The first-order chi connectivity index (χ1) is 10.7. The van der Waals surface area contributed by atoms with E-state index in [0.29, 0.717) is 31.1 Å². The van der Waals surface area contributed by atoms with Crippen LogP contribution in [0.2, 0.25) is 0 Å². The molecule has 22 heavy (non-hydrogen) atoms. The van der Waals surface area contributed by atoms with Crippen LogP contribution in [0.4, 0.5) is 0 Å². The van der Waals surface area contributed by atoms with Crippen molar-refractivity contribution < 1.29 is 14.3 Å². The Hall–Kier alpha value is -2.12. The van der Waals surface area contributed by atoms with E-state index in [1.807, 2.05) is 23.6 Å². The zero-order valence-electron chi connectivity index (χ0n) is 13.0. The Morgan fingerprint density at radius 3 is 3.05 bits per heavy atom. The standard InChI is InChI=1S/C15H22N4O3/c1-11-12(5-6-16)19-8-3-4-13(15(19)18-11)22-10-14(20)17-7-9-21-2/h3-4,8H,5-7,9-10,16H2,1-2H3,(H,17,20). The first kappa shape index (κ1) is 16.3. The molecular weight excluding hydrogens is 284 g/mol. The van der Waals surface area contributed by atoms with Crippen molar-refractivity contribution in [3.8, 4) is 5.75 Å². The first-order valence-corrected chi connectivity index (χ1v) is 7.22. The fourth-order valence-electron chi connectivity index (χ4n) is 2.24. The van der Waals surface area contributed by atoms with E-state index in [1.165, 1.54) is 0 Å².